The third-order valence-corrected chi connectivity index (χ3v) is 3.85. The van der Waals surface area contributed by atoms with E-state index in [0.717, 1.165) is 19.3 Å². The fourth-order valence-corrected chi connectivity index (χ4v) is 2.98. The number of aryl methyl sites for hydroxylation is 1. The van der Waals surface area contributed by atoms with Crippen LogP contribution in [0.3, 0.4) is 0 Å². The molecule has 0 radical (unpaired) electrons. The molecule has 0 aliphatic heterocycles. The summed E-state index contributed by atoms with van der Waals surface area (Å²) >= 11 is 0. The molecule has 0 spiro atoms. The second-order valence-corrected chi connectivity index (χ2v) is 4.69. The number of fused-ring (bicyclic) bond motifs is 1. The SMILES string of the molecule is O=C(O)C1CC1C1CCc2ccccc21. The Morgan fingerprint density at radius 3 is 2.87 bits per heavy atom. The van der Waals surface area contributed by atoms with Crippen LogP contribution in [-0.4, -0.2) is 11.1 Å². The van der Waals surface area contributed by atoms with E-state index in [4.69, 9.17) is 5.11 Å². The Morgan fingerprint density at radius 2 is 2.13 bits per heavy atom. The first-order chi connectivity index (χ1) is 7.27. The van der Waals surface area contributed by atoms with Crippen LogP contribution in [0, 0.1) is 11.8 Å². The second kappa shape index (κ2) is 3.09. The van der Waals surface area contributed by atoms with E-state index in [-0.39, 0.29) is 5.92 Å². The van der Waals surface area contributed by atoms with Gasteiger partial charge < -0.3 is 5.11 Å². The van der Waals surface area contributed by atoms with E-state index in [0.29, 0.717) is 11.8 Å². The molecule has 2 nitrogen and oxygen atoms in total. The van der Waals surface area contributed by atoms with Crippen LogP contribution in [0.4, 0.5) is 0 Å². The number of hydrogen-bond acceptors (Lipinski definition) is 1. The molecular weight excluding hydrogens is 188 g/mol. The highest BCUT2D eigenvalue weighted by atomic mass is 16.4. The van der Waals surface area contributed by atoms with E-state index in [9.17, 15) is 4.79 Å². The quantitative estimate of drug-likeness (QED) is 0.799. The standard InChI is InChI=1S/C13H14O2/c14-13(15)12-7-11(12)10-6-5-8-3-1-2-4-9(8)10/h1-4,10-12H,5-7H2,(H,14,15). The lowest BCUT2D eigenvalue weighted by Gasteiger charge is -2.09. The number of carbonyl (C=O) groups is 1. The molecule has 1 aromatic rings. The fraction of sp³-hybridized carbons (Fsp3) is 0.462. The van der Waals surface area contributed by atoms with E-state index in [2.05, 4.69) is 24.3 Å². The molecule has 1 fully saturated rings. The van der Waals surface area contributed by atoms with Gasteiger partial charge in [-0.05, 0) is 42.2 Å². The molecule has 2 aliphatic carbocycles. The summed E-state index contributed by atoms with van der Waals surface area (Å²) in [6.07, 6.45) is 3.16. The summed E-state index contributed by atoms with van der Waals surface area (Å²) in [7, 11) is 0. The van der Waals surface area contributed by atoms with Crippen LogP contribution in [0.5, 0.6) is 0 Å². The van der Waals surface area contributed by atoms with E-state index >= 15 is 0 Å². The smallest absolute Gasteiger partial charge is 0.306 e. The molecule has 0 amide bonds. The lowest BCUT2D eigenvalue weighted by Crippen LogP contribution is -2.04. The van der Waals surface area contributed by atoms with Crippen molar-refractivity contribution in [1.29, 1.82) is 0 Å². The molecule has 3 unspecified atom stereocenters. The average molecular weight is 202 g/mol. The lowest BCUT2D eigenvalue weighted by molar-refractivity contribution is -0.138. The van der Waals surface area contributed by atoms with Gasteiger partial charge in [0, 0.05) is 0 Å². The van der Waals surface area contributed by atoms with Crippen LogP contribution in [0.15, 0.2) is 24.3 Å². The Bertz CT molecular complexity index is 411. The van der Waals surface area contributed by atoms with Crippen molar-refractivity contribution in [3.05, 3.63) is 35.4 Å². The monoisotopic (exact) mass is 202 g/mol. The second-order valence-electron chi connectivity index (χ2n) is 4.69. The zero-order valence-electron chi connectivity index (χ0n) is 8.52. The number of hydrogen-bond donors (Lipinski definition) is 1. The minimum Gasteiger partial charge on any atom is -0.481 e. The van der Waals surface area contributed by atoms with Crippen LogP contribution >= 0.6 is 0 Å². The number of carboxylic acid groups (broad SMARTS) is 1. The van der Waals surface area contributed by atoms with E-state index < -0.39 is 5.97 Å². The summed E-state index contributed by atoms with van der Waals surface area (Å²) in [6, 6.07) is 8.48. The first-order valence-electron chi connectivity index (χ1n) is 5.58. The minimum absolute atomic E-state index is 0.0684. The Labute approximate surface area is 88.9 Å². The van der Waals surface area contributed by atoms with E-state index in [1.807, 2.05) is 0 Å². The molecule has 0 aromatic heterocycles. The molecule has 78 valence electrons. The van der Waals surface area contributed by atoms with Gasteiger partial charge in [-0.3, -0.25) is 4.79 Å². The first kappa shape index (κ1) is 8.96. The van der Waals surface area contributed by atoms with Crippen LogP contribution in [0.1, 0.15) is 29.9 Å². The largest absolute Gasteiger partial charge is 0.481 e. The average Bonchev–Trinajstić information content (AvgIpc) is 2.92. The van der Waals surface area contributed by atoms with Crippen LogP contribution in [-0.2, 0) is 11.2 Å². The number of aliphatic carboxylic acids is 1. The minimum atomic E-state index is -0.607. The molecule has 3 atom stereocenters. The normalized spacial score (nSPS) is 32.4. The summed E-state index contributed by atoms with van der Waals surface area (Å²) in [5, 5.41) is 8.93. The van der Waals surface area contributed by atoms with Gasteiger partial charge in [-0.25, -0.2) is 0 Å². The van der Waals surface area contributed by atoms with Crippen molar-refractivity contribution in [1.82, 2.24) is 0 Å². The van der Waals surface area contributed by atoms with Crippen molar-refractivity contribution in [2.24, 2.45) is 11.8 Å². The third kappa shape index (κ3) is 1.36. The predicted octanol–water partition coefficient (Wildman–Crippen LogP) is 2.44. The van der Waals surface area contributed by atoms with Gasteiger partial charge in [-0.1, -0.05) is 24.3 Å². The summed E-state index contributed by atoms with van der Waals surface area (Å²) in [5.74, 6) is 0.249. The van der Waals surface area contributed by atoms with Crippen molar-refractivity contribution < 1.29 is 9.90 Å². The van der Waals surface area contributed by atoms with Gasteiger partial charge in [0.25, 0.3) is 0 Å². The topological polar surface area (TPSA) is 37.3 Å². The Morgan fingerprint density at radius 1 is 1.33 bits per heavy atom. The van der Waals surface area contributed by atoms with E-state index in [1.54, 1.807) is 0 Å². The summed E-state index contributed by atoms with van der Waals surface area (Å²) in [5.41, 5.74) is 2.84. The number of rotatable bonds is 2. The molecule has 3 rings (SSSR count). The van der Waals surface area contributed by atoms with Gasteiger partial charge >= 0.3 is 5.97 Å². The van der Waals surface area contributed by atoms with Crippen LogP contribution in [0.25, 0.3) is 0 Å². The molecule has 1 saturated carbocycles. The fourth-order valence-electron chi connectivity index (χ4n) is 2.98. The third-order valence-electron chi connectivity index (χ3n) is 3.85. The van der Waals surface area contributed by atoms with Crippen molar-refractivity contribution in [2.75, 3.05) is 0 Å². The maximum absolute atomic E-state index is 10.8. The highest BCUT2D eigenvalue weighted by Crippen LogP contribution is 2.53. The molecule has 15 heavy (non-hydrogen) atoms. The highest BCUT2D eigenvalue weighted by Gasteiger charge is 2.49. The maximum Gasteiger partial charge on any atom is 0.306 e. The van der Waals surface area contributed by atoms with Crippen molar-refractivity contribution in [3.63, 3.8) is 0 Å². The molecule has 0 bridgehead atoms. The zero-order valence-corrected chi connectivity index (χ0v) is 8.52. The van der Waals surface area contributed by atoms with Gasteiger partial charge in [-0.15, -0.1) is 0 Å². The van der Waals surface area contributed by atoms with Gasteiger partial charge in [0.1, 0.15) is 0 Å². The Balaban J connectivity index is 1.84. The predicted molar refractivity (Wildman–Crippen MR) is 56.7 cm³/mol. The first-order valence-corrected chi connectivity index (χ1v) is 5.58. The van der Waals surface area contributed by atoms with Gasteiger partial charge in [-0.2, -0.15) is 0 Å². The summed E-state index contributed by atoms with van der Waals surface area (Å²) in [6.45, 7) is 0. The zero-order chi connectivity index (χ0) is 10.4. The molecule has 0 heterocycles. The Kier molecular flexibility index (Phi) is 1.84. The number of carboxylic acids is 1. The molecule has 1 aromatic carbocycles. The molecule has 0 saturated heterocycles. The van der Waals surface area contributed by atoms with Crippen molar-refractivity contribution in [3.8, 4) is 0 Å². The van der Waals surface area contributed by atoms with Crippen LogP contribution in [0.2, 0.25) is 0 Å². The number of benzene rings is 1. The molecule has 2 heteroatoms. The van der Waals surface area contributed by atoms with Crippen LogP contribution < -0.4 is 0 Å². The van der Waals surface area contributed by atoms with Gasteiger partial charge in [0.05, 0.1) is 5.92 Å². The Hall–Kier alpha value is -1.31. The highest BCUT2D eigenvalue weighted by molar-refractivity contribution is 5.73. The molecule has 2 aliphatic rings. The molecular formula is C13H14O2. The van der Waals surface area contributed by atoms with Gasteiger partial charge in [0.2, 0.25) is 0 Å². The maximum atomic E-state index is 10.8. The summed E-state index contributed by atoms with van der Waals surface area (Å²) < 4.78 is 0. The molecule has 1 N–H and O–H groups in total. The van der Waals surface area contributed by atoms with Crippen molar-refractivity contribution in [2.45, 2.75) is 25.2 Å². The summed E-state index contributed by atoms with van der Waals surface area (Å²) in [4.78, 5) is 10.8. The van der Waals surface area contributed by atoms with Gasteiger partial charge in [0.15, 0.2) is 0 Å². The lowest BCUT2D eigenvalue weighted by atomic mass is 9.95. The van der Waals surface area contributed by atoms with Crippen molar-refractivity contribution >= 4 is 5.97 Å². The van der Waals surface area contributed by atoms with E-state index in [1.165, 1.54) is 11.1 Å².